The van der Waals surface area contributed by atoms with Crippen LogP contribution in [0.3, 0.4) is 0 Å². The van der Waals surface area contributed by atoms with E-state index >= 15 is 0 Å². The van der Waals surface area contributed by atoms with Gasteiger partial charge in [-0.1, -0.05) is 24.4 Å². The van der Waals surface area contributed by atoms with Crippen LogP contribution >= 0.6 is 23.4 Å². The van der Waals surface area contributed by atoms with Gasteiger partial charge >= 0.3 is 0 Å². The van der Waals surface area contributed by atoms with Gasteiger partial charge in [-0.2, -0.15) is 11.8 Å². The predicted octanol–water partition coefficient (Wildman–Crippen LogP) is 3.45. The molecule has 104 valence electrons. The summed E-state index contributed by atoms with van der Waals surface area (Å²) < 4.78 is 0.157. The lowest BCUT2D eigenvalue weighted by atomic mass is 10.1. The molecule has 0 saturated heterocycles. The lowest BCUT2D eigenvalue weighted by Crippen LogP contribution is -2.38. The van der Waals surface area contributed by atoms with Crippen molar-refractivity contribution in [3.8, 4) is 5.75 Å². The van der Waals surface area contributed by atoms with E-state index in [4.69, 9.17) is 11.6 Å². The van der Waals surface area contributed by atoms with Gasteiger partial charge in [0, 0.05) is 16.3 Å². The molecule has 0 atom stereocenters. The molecule has 3 nitrogen and oxygen atoms in total. The fraction of sp³-hybridized carbons (Fsp3) is 0.500. The standard InChI is InChI=1S/C14H18ClNO2S/c1-19-14(6-2-3-7-14)9-16-13(18)11-8-10(15)4-5-12(11)17/h4-5,8,17H,2-3,6-7,9H2,1H3,(H,16,18). The Morgan fingerprint density at radius 1 is 1.47 bits per heavy atom. The van der Waals surface area contributed by atoms with Crippen LogP contribution in [0.4, 0.5) is 0 Å². The molecule has 5 heteroatoms. The second-order valence-electron chi connectivity index (χ2n) is 4.94. The number of amides is 1. The Morgan fingerprint density at radius 3 is 2.79 bits per heavy atom. The first-order valence-electron chi connectivity index (χ1n) is 6.38. The lowest BCUT2D eigenvalue weighted by molar-refractivity contribution is 0.0947. The van der Waals surface area contributed by atoms with Crippen LogP contribution in [0.25, 0.3) is 0 Å². The number of hydrogen-bond acceptors (Lipinski definition) is 3. The number of nitrogens with one attached hydrogen (secondary N) is 1. The third kappa shape index (κ3) is 3.37. The maximum Gasteiger partial charge on any atom is 0.255 e. The van der Waals surface area contributed by atoms with Crippen molar-refractivity contribution in [1.82, 2.24) is 5.32 Å². The van der Waals surface area contributed by atoms with Gasteiger partial charge in [-0.3, -0.25) is 4.79 Å². The van der Waals surface area contributed by atoms with Crippen molar-refractivity contribution < 1.29 is 9.90 Å². The monoisotopic (exact) mass is 299 g/mol. The van der Waals surface area contributed by atoms with Gasteiger partial charge in [0.15, 0.2) is 0 Å². The minimum Gasteiger partial charge on any atom is -0.507 e. The number of thioether (sulfide) groups is 1. The number of carbonyl (C=O) groups excluding carboxylic acids is 1. The Kier molecular flexibility index (Phi) is 4.63. The van der Waals surface area contributed by atoms with E-state index < -0.39 is 0 Å². The number of phenolic OH excluding ortho intramolecular Hbond substituents is 1. The van der Waals surface area contributed by atoms with Gasteiger partial charge < -0.3 is 10.4 Å². The molecule has 2 rings (SSSR count). The zero-order chi connectivity index (χ0) is 13.9. The Morgan fingerprint density at radius 2 is 2.16 bits per heavy atom. The Bertz CT molecular complexity index is 473. The van der Waals surface area contributed by atoms with E-state index in [9.17, 15) is 9.90 Å². The Hall–Kier alpha value is -0.870. The molecule has 1 aromatic carbocycles. The van der Waals surface area contributed by atoms with Gasteiger partial charge in [0.2, 0.25) is 0 Å². The number of benzene rings is 1. The molecule has 1 aliphatic carbocycles. The van der Waals surface area contributed by atoms with Crippen LogP contribution in [0.1, 0.15) is 36.0 Å². The van der Waals surface area contributed by atoms with E-state index in [1.807, 2.05) is 11.8 Å². The van der Waals surface area contributed by atoms with Crippen molar-refractivity contribution in [2.75, 3.05) is 12.8 Å². The third-order valence-electron chi connectivity index (χ3n) is 3.72. The Balaban J connectivity index is 2.03. The van der Waals surface area contributed by atoms with E-state index in [-0.39, 0.29) is 22.0 Å². The van der Waals surface area contributed by atoms with E-state index in [1.165, 1.54) is 25.0 Å². The number of carbonyl (C=O) groups is 1. The molecule has 1 aromatic rings. The van der Waals surface area contributed by atoms with Crippen molar-refractivity contribution in [1.29, 1.82) is 0 Å². The third-order valence-corrected chi connectivity index (χ3v) is 5.38. The molecule has 0 bridgehead atoms. The second kappa shape index (κ2) is 6.06. The van der Waals surface area contributed by atoms with Gasteiger partial charge in [-0.15, -0.1) is 0 Å². The van der Waals surface area contributed by atoms with Crippen LogP contribution in [0, 0.1) is 0 Å². The summed E-state index contributed by atoms with van der Waals surface area (Å²) >= 11 is 7.67. The molecule has 1 fully saturated rings. The molecule has 0 radical (unpaired) electrons. The molecule has 2 N–H and O–H groups in total. The highest BCUT2D eigenvalue weighted by Crippen LogP contribution is 2.39. The van der Waals surface area contributed by atoms with Crippen LogP contribution in [-0.4, -0.2) is 28.6 Å². The second-order valence-corrected chi connectivity index (χ2v) is 6.65. The van der Waals surface area contributed by atoms with Crippen LogP contribution in [0.5, 0.6) is 5.75 Å². The first kappa shape index (κ1) is 14.5. The van der Waals surface area contributed by atoms with Crippen LogP contribution < -0.4 is 5.32 Å². The fourth-order valence-electron chi connectivity index (χ4n) is 2.50. The van der Waals surface area contributed by atoms with Gasteiger partial charge in [-0.25, -0.2) is 0 Å². The Labute approximate surface area is 122 Å². The zero-order valence-electron chi connectivity index (χ0n) is 10.9. The van der Waals surface area contributed by atoms with Crippen LogP contribution in [0.15, 0.2) is 18.2 Å². The molecule has 1 amide bonds. The van der Waals surface area contributed by atoms with Crippen molar-refractivity contribution >= 4 is 29.3 Å². The summed E-state index contributed by atoms with van der Waals surface area (Å²) in [6.45, 7) is 0.638. The molecular weight excluding hydrogens is 282 g/mol. The molecule has 0 unspecified atom stereocenters. The summed E-state index contributed by atoms with van der Waals surface area (Å²) in [6, 6.07) is 4.50. The number of aromatic hydroxyl groups is 1. The summed E-state index contributed by atoms with van der Waals surface area (Å²) in [5, 5.41) is 13.1. The highest BCUT2D eigenvalue weighted by molar-refractivity contribution is 8.00. The molecule has 0 heterocycles. The zero-order valence-corrected chi connectivity index (χ0v) is 12.5. The number of phenols is 1. The average Bonchev–Trinajstić information content (AvgIpc) is 2.88. The smallest absolute Gasteiger partial charge is 0.255 e. The summed E-state index contributed by atoms with van der Waals surface area (Å²) in [6.07, 6.45) is 6.80. The van der Waals surface area contributed by atoms with E-state index in [1.54, 1.807) is 6.07 Å². The van der Waals surface area contributed by atoms with E-state index in [2.05, 4.69) is 11.6 Å². The highest BCUT2D eigenvalue weighted by Gasteiger charge is 2.33. The SMILES string of the molecule is CSC1(CNC(=O)c2cc(Cl)ccc2O)CCCC1. The molecule has 0 aromatic heterocycles. The lowest BCUT2D eigenvalue weighted by Gasteiger charge is -2.27. The molecule has 19 heavy (non-hydrogen) atoms. The topological polar surface area (TPSA) is 49.3 Å². The molecule has 0 spiro atoms. The summed E-state index contributed by atoms with van der Waals surface area (Å²) in [7, 11) is 0. The van der Waals surface area contributed by atoms with Crippen LogP contribution in [0.2, 0.25) is 5.02 Å². The summed E-state index contributed by atoms with van der Waals surface area (Å²) in [5.41, 5.74) is 0.238. The average molecular weight is 300 g/mol. The molecule has 1 aliphatic rings. The number of halogens is 1. The van der Waals surface area contributed by atoms with Crippen molar-refractivity contribution in [3.05, 3.63) is 28.8 Å². The predicted molar refractivity (Wildman–Crippen MR) is 80.2 cm³/mol. The number of rotatable bonds is 4. The van der Waals surface area contributed by atoms with Gasteiger partial charge in [0.25, 0.3) is 5.91 Å². The minimum absolute atomic E-state index is 0.0356. The van der Waals surface area contributed by atoms with Crippen molar-refractivity contribution in [3.63, 3.8) is 0 Å². The maximum absolute atomic E-state index is 12.1. The maximum atomic E-state index is 12.1. The fourth-order valence-corrected chi connectivity index (χ4v) is 3.58. The molecule has 1 saturated carbocycles. The van der Waals surface area contributed by atoms with Gasteiger partial charge in [0.05, 0.1) is 5.56 Å². The van der Waals surface area contributed by atoms with Crippen LogP contribution in [-0.2, 0) is 0 Å². The molecule has 0 aliphatic heterocycles. The number of hydrogen-bond donors (Lipinski definition) is 2. The van der Waals surface area contributed by atoms with Crippen molar-refractivity contribution in [2.45, 2.75) is 30.4 Å². The summed E-state index contributed by atoms with van der Waals surface area (Å²) in [5.74, 6) is -0.299. The van der Waals surface area contributed by atoms with Gasteiger partial charge in [0.1, 0.15) is 5.75 Å². The quantitative estimate of drug-likeness (QED) is 0.895. The van der Waals surface area contributed by atoms with Gasteiger partial charge in [-0.05, 0) is 37.3 Å². The van der Waals surface area contributed by atoms with E-state index in [0.29, 0.717) is 11.6 Å². The normalized spacial score (nSPS) is 17.4. The summed E-state index contributed by atoms with van der Waals surface area (Å²) in [4.78, 5) is 12.1. The molecular formula is C14H18ClNO2S. The highest BCUT2D eigenvalue weighted by atomic mass is 35.5. The van der Waals surface area contributed by atoms with Crippen molar-refractivity contribution in [2.24, 2.45) is 0 Å². The first-order chi connectivity index (χ1) is 9.06. The van der Waals surface area contributed by atoms with E-state index in [0.717, 1.165) is 12.8 Å². The minimum atomic E-state index is -0.264. The largest absolute Gasteiger partial charge is 0.507 e. The first-order valence-corrected chi connectivity index (χ1v) is 7.98.